The van der Waals surface area contributed by atoms with Crippen molar-refractivity contribution in [3.63, 3.8) is 0 Å². The van der Waals surface area contributed by atoms with Crippen molar-refractivity contribution in [3.05, 3.63) is 126 Å². The van der Waals surface area contributed by atoms with Crippen molar-refractivity contribution in [1.29, 1.82) is 0 Å². The quantitative estimate of drug-likeness (QED) is 0.306. The number of aromatic nitrogens is 1. The van der Waals surface area contributed by atoms with E-state index in [0.717, 1.165) is 27.5 Å². The van der Waals surface area contributed by atoms with Crippen LogP contribution < -0.4 is 0 Å². The number of pyridine rings is 1. The number of halogens is 1. The molecule has 6 heteroatoms. The summed E-state index contributed by atoms with van der Waals surface area (Å²) in [6, 6.07) is 26.6. The van der Waals surface area contributed by atoms with Crippen molar-refractivity contribution >= 4 is 16.6 Å². The lowest BCUT2D eigenvalue weighted by Gasteiger charge is -2.26. The summed E-state index contributed by atoms with van der Waals surface area (Å²) in [4.78, 5) is 12.4. The highest BCUT2D eigenvalue weighted by atomic mass is 19.1. The second-order valence-corrected chi connectivity index (χ2v) is 8.06. The molecule has 166 valence electrons. The largest absolute Gasteiger partial charge is 0.461 e. The number of rotatable bonds is 5. The lowest BCUT2D eigenvalue weighted by molar-refractivity contribution is 0.00683. The SMILES string of the molecule is Fc1ccccc1-c1ccncc1CN1C(c2ccco2)=NOC1c1cccc2ccccc12. The minimum absolute atomic E-state index is 0.279. The molecule has 0 saturated heterocycles. The van der Waals surface area contributed by atoms with Gasteiger partial charge in [-0.25, -0.2) is 4.39 Å². The molecule has 0 N–H and O–H groups in total. The zero-order valence-corrected chi connectivity index (χ0v) is 18.1. The number of amidine groups is 1. The third-order valence-corrected chi connectivity index (χ3v) is 6.03. The topological polar surface area (TPSA) is 50.9 Å². The van der Waals surface area contributed by atoms with E-state index < -0.39 is 6.23 Å². The first-order valence-corrected chi connectivity index (χ1v) is 11.0. The van der Waals surface area contributed by atoms with E-state index in [0.29, 0.717) is 23.7 Å². The third-order valence-electron chi connectivity index (χ3n) is 6.03. The first-order valence-electron chi connectivity index (χ1n) is 11.0. The fourth-order valence-electron chi connectivity index (χ4n) is 4.44. The molecule has 5 aromatic rings. The van der Waals surface area contributed by atoms with Crippen molar-refractivity contribution in [1.82, 2.24) is 9.88 Å². The lowest BCUT2D eigenvalue weighted by atomic mass is 9.99. The molecule has 1 unspecified atom stereocenters. The van der Waals surface area contributed by atoms with Crippen LogP contribution in [-0.4, -0.2) is 15.7 Å². The van der Waals surface area contributed by atoms with Crippen LogP contribution in [0, 0.1) is 5.82 Å². The second-order valence-electron chi connectivity index (χ2n) is 8.06. The molecule has 3 aromatic carbocycles. The van der Waals surface area contributed by atoms with Crippen molar-refractivity contribution < 1.29 is 13.6 Å². The van der Waals surface area contributed by atoms with Gasteiger partial charge in [0, 0.05) is 23.5 Å². The molecule has 2 aromatic heterocycles. The summed E-state index contributed by atoms with van der Waals surface area (Å²) in [6.07, 6.45) is 4.56. The number of oxime groups is 1. The smallest absolute Gasteiger partial charge is 0.228 e. The highest BCUT2D eigenvalue weighted by Gasteiger charge is 2.35. The predicted molar refractivity (Wildman–Crippen MR) is 128 cm³/mol. The van der Waals surface area contributed by atoms with Gasteiger partial charge in [-0.05, 0) is 46.2 Å². The maximum atomic E-state index is 14.7. The highest BCUT2D eigenvalue weighted by molar-refractivity contribution is 5.97. The van der Waals surface area contributed by atoms with E-state index in [2.05, 4.69) is 28.3 Å². The van der Waals surface area contributed by atoms with Gasteiger partial charge in [0.05, 0.1) is 12.8 Å². The Morgan fingerprint density at radius 2 is 1.71 bits per heavy atom. The van der Waals surface area contributed by atoms with Crippen LogP contribution in [0.15, 0.2) is 113 Å². The number of benzene rings is 3. The summed E-state index contributed by atoms with van der Waals surface area (Å²) >= 11 is 0. The second kappa shape index (κ2) is 8.48. The van der Waals surface area contributed by atoms with Crippen LogP contribution >= 0.6 is 0 Å². The average molecular weight is 449 g/mol. The molecule has 0 aliphatic carbocycles. The van der Waals surface area contributed by atoms with Gasteiger partial charge in [0.25, 0.3) is 0 Å². The van der Waals surface area contributed by atoms with Gasteiger partial charge in [-0.2, -0.15) is 0 Å². The summed E-state index contributed by atoms with van der Waals surface area (Å²) in [7, 11) is 0. The third kappa shape index (κ3) is 3.49. The Labute approximate surface area is 195 Å². The molecule has 3 heterocycles. The van der Waals surface area contributed by atoms with E-state index in [1.807, 2.05) is 53.4 Å². The van der Waals surface area contributed by atoms with Gasteiger partial charge < -0.3 is 14.2 Å². The van der Waals surface area contributed by atoms with Gasteiger partial charge in [-0.3, -0.25) is 4.98 Å². The first-order chi connectivity index (χ1) is 16.8. The predicted octanol–water partition coefficient (Wildman–Crippen LogP) is 6.53. The van der Waals surface area contributed by atoms with Gasteiger partial charge >= 0.3 is 0 Å². The normalized spacial score (nSPS) is 15.4. The van der Waals surface area contributed by atoms with Crippen LogP contribution in [0.1, 0.15) is 23.1 Å². The number of hydrogen-bond acceptors (Lipinski definition) is 5. The molecule has 0 saturated carbocycles. The van der Waals surface area contributed by atoms with Crippen molar-refractivity contribution in [2.75, 3.05) is 0 Å². The minimum atomic E-state index is -0.486. The van der Waals surface area contributed by atoms with Crippen molar-refractivity contribution in [3.8, 4) is 11.1 Å². The molecule has 0 fully saturated rings. The molecule has 0 bridgehead atoms. The zero-order chi connectivity index (χ0) is 22.9. The Morgan fingerprint density at radius 1 is 0.853 bits per heavy atom. The molecule has 1 aliphatic rings. The first kappa shape index (κ1) is 20.2. The Hall–Kier alpha value is -4.45. The summed E-state index contributed by atoms with van der Waals surface area (Å²) in [5, 5.41) is 6.59. The Bertz CT molecular complexity index is 1490. The molecule has 6 rings (SSSR count). The molecule has 0 amide bonds. The number of hydrogen-bond donors (Lipinski definition) is 0. The van der Waals surface area contributed by atoms with Crippen LogP contribution in [0.3, 0.4) is 0 Å². The molecular weight excluding hydrogens is 429 g/mol. The molecule has 0 spiro atoms. The van der Waals surface area contributed by atoms with E-state index in [-0.39, 0.29) is 5.82 Å². The van der Waals surface area contributed by atoms with Crippen LogP contribution in [0.25, 0.3) is 21.9 Å². The molecule has 34 heavy (non-hydrogen) atoms. The van der Waals surface area contributed by atoms with Crippen molar-refractivity contribution in [2.45, 2.75) is 12.8 Å². The number of fused-ring (bicyclic) bond motifs is 1. The van der Waals surface area contributed by atoms with Crippen LogP contribution in [-0.2, 0) is 11.4 Å². The number of nitrogens with zero attached hydrogens (tertiary/aromatic N) is 3. The lowest BCUT2D eigenvalue weighted by Crippen LogP contribution is -2.31. The van der Waals surface area contributed by atoms with E-state index in [4.69, 9.17) is 9.25 Å². The van der Waals surface area contributed by atoms with E-state index >= 15 is 0 Å². The van der Waals surface area contributed by atoms with Crippen LogP contribution in [0.2, 0.25) is 0 Å². The summed E-state index contributed by atoms with van der Waals surface area (Å²) in [5.41, 5.74) is 3.14. The van der Waals surface area contributed by atoms with Crippen molar-refractivity contribution in [2.24, 2.45) is 5.16 Å². The van der Waals surface area contributed by atoms with Gasteiger partial charge in [-0.15, -0.1) is 0 Å². The van der Waals surface area contributed by atoms with Crippen LogP contribution in [0.5, 0.6) is 0 Å². The molecule has 5 nitrogen and oxygen atoms in total. The maximum absolute atomic E-state index is 14.7. The van der Waals surface area contributed by atoms with Gasteiger partial charge in [0.1, 0.15) is 5.82 Å². The molecule has 1 atom stereocenters. The fraction of sp³-hybridized carbons (Fsp3) is 0.0714. The molecule has 0 radical (unpaired) electrons. The Morgan fingerprint density at radius 3 is 2.59 bits per heavy atom. The van der Waals surface area contributed by atoms with Gasteiger partial charge in [0.2, 0.25) is 12.1 Å². The number of furan rings is 1. The van der Waals surface area contributed by atoms with E-state index in [1.54, 1.807) is 30.8 Å². The average Bonchev–Trinajstić information content (AvgIpc) is 3.55. The van der Waals surface area contributed by atoms with Gasteiger partial charge in [0.15, 0.2) is 5.76 Å². The summed E-state index contributed by atoms with van der Waals surface area (Å²) in [5.74, 6) is 0.892. The van der Waals surface area contributed by atoms with E-state index in [9.17, 15) is 4.39 Å². The zero-order valence-electron chi connectivity index (χ0n) is 18.1. The van der Waals surface area contributed by atoms with Crippen LogP contribution in [0.4, 0.5) is 4.39 Å². The summed E-state index contributed by atoms with van der Waals surface area (Å²) in [6.45, 7) is 0.394. The molecular formula is C28H20FN3O2. The van der Waals surface area contributed by atoms with Gasteiger partial charge in [-0.1, -0.05) is 65.8 Å². The molecule has 1 aliphatic heterocycles. The fourth-order valence-corrected chi connectivity index (χ4v) is 4.44. The Kier molecular flexibility index (Phi) is 5.03. The standard InChI is InChI=1S/C28H20FN3O2/c29-25-12-4-3-10-23(25)22-14-15-30-17-20(22)18-32-27(26-13-6-16-33-26)31-34-28(32)24-11-5-8-19-7-1-2-9-21(19)24/h1-17,28H,18H2. The minimum Gasteiger partial charge on any atom is -0.461 e. The van der Waals surface area contributed by atoms with E-state index in [1.165, 1.54) is 6.07 Å². The summed E-state index contributed by atoms with van der Waals surface area (Å²) < 4.78 is 20.4. The maximum Gasteiger partial charge on any atom is 0.228 e. The monoisotopic (exact) mass is 449 g/mol. The Balaban J connectivity index is 1.46. The highest BCUT2D eigenvalue weighted by Crippen LogP contribution is 2.37.